The van der Waals surface area contributed by atoms with Crippen molar-refractivity contribution in [3.8, 4) is 11.3 Å². The smallest absolute Gasteiger partial charge is 0.160 e. The molecule has 5 heterocycles. The molecule has 9 nitrogen and oxygen atoms in total. The molecule has 0 radical (unpaired) electrons. The van der Waals surface area contributed by atoms with Crippen molar-refractivity contribution >= 4 is 34.4 Å². The lowest BCUT2D eigenvalue weighted by atomic mass is 10.2. The summed E-state index contributed by atoms with van der Waals surface area (Å²) in [6.45, 7) is 2.96. The standard InChI is InChI=1S/C25H24N8O/c1-31-9-6-20-3-2-18(14-22(20)31)17-27-29-23-16-25(32-10-12-34-13-11-32)33-24(28-23)15-21(30-33)19-4-7-26-8-5-19/h2-9,14-17H,10-13H2,1H3,(H,28,29)/b27-17-. The van der Waals surface area contributed by atoms with Crippen molar-refractivity contribution in [2.75, 3.05) is 36.6 Å². The molecule has 6 rings (SSSR count). The predicted octanol–water partition coefficient (Wildman–Crippen LogP) is 3.57. The van der Waals surface area contributed by atoms with Crippen molar-refractivity contribution in [3.05, 3.63) is 72.7 Å². The van der Waals surface area contributed by atoms with E-state index in [-0.39, 0.29) is 0 Å². The van der Waals surface area contributed by atoms with E-state index in [4.69, 9.17) is 14.8 Å². The van der Waals surface area contributed by atoms with E-state index < -0.39 is 0 Å². The highest BCUT2D eigenvalue weighted by Crippen LogP contribution is 2.25. The van der Waals surface area contributed by atoms with Crippen LogP contribution in [-0.2, 0) is 11.8 Å². The number of pyridine rings is 1. The van der Waals surface area contributed by atoms with Crippen molar-refractivity contribution in [1.29, 1.82) is 0 Å². The van der Waals surface area contributed by atoms with E-state index in [0.717, 1.165) is 41.4 Å². The van der Waals surface area contributed by atoms with Crippen LogP contribution in [0, 0.1) is 0 Å². The summed E-state index contributed by atoms with van der Waals surface area (Å²) in [4.78, 5) is 11.1. The zero-order valence-electron chi connectivity index (χ0n) is 18.8. The number of morpholine rings is 1. The van der Waals surface area contributed by atoms with E-state index >= 15 is 0 Å². The lowest BCUT2D eigenvalue weighted by molar-refractivity contribution is 0.122. The number of fused-ring (bicyclic) bond motifs is 2. The molecule has 1 saturated heterocycles. The molecule has 34 heavy (non-hydrogen) atoms. The highest BCUT2D eigenvalue weighted by Gasteiger charge is 2.18. The number of nitrogens with zero attached hydrogens (tertiary/aromatic N) is 7. The highest BCUT2D eigenvalue weighted by atomic mass is 16.5. The molecule has 1 aliphatic heterocycles. The summed E-state index contributed by atoms with van der Waals surface area (Å²) in [5.74, 6) is 1.61. The summed E-state index contributed by atoms with van der Waals surface area (Å²) < 4.78 is 9.54. The molecule has 9 heteroatoms. The Morgan fingerprint density at radius 1 is 1.03 bits per heavy atom. The summed E-state index contributed by atoms with van der Waals surface area (Å²) in [7, 11) is 2.04. The molecule has 0 unspecified atom stereocenters. The zero-order valence-corrected chi connectivity index (χ0v) is 18.8. The molecule has 1 aliphatic rings. The Kier molecular flexibility index (Phi) is 5.15. The number of aromatic nitrogens is 5. The number of ether oxygens (including phenoxy) is 1. The Bertz CT molecular complexity index is 1480. The van der Waals surface area contributed by atoms with Gasteiger partial charge in [0.05, 0.1) is 25.1 Å². The molecule has 0 saturated carbocycles. The van der Waals surface area contributed by atoms with Crippen LogP contribution in [0.5, 0.6) is 0 Å². The lowest BCUT2D eigenvalue weighted by Gasteiger charge is -2.29. The van der Waals surface area contributed by atoms with Crippen molar-refractivity contribution in [2.24, 2.45) is 12.1 Å². The minimum Gasteiger partial charge on any atom is -0.378 e. The van der Waals surface area contributed by atoms with Crippen LogP contribution in [0.2, 0.25) is 0 Å². The quantitative estimate of drug-likeness (QED) is 0.324. The number of anilines is 2. The predicted molar refractivity (Wildman–Crippen MR) is 133 cm³/mol. The highest BCUT2D eigenvalue weighted by molar-refractivity contribution is 5.89. The third-order valence-electron chi connectivity index (χ3n) is 6.02. The van der Waals surface area contributed by atoms with Gasteiger partial charge in [0.1, 0.15) is 5.82 Å². The van der Waals surface area contributed by atoms with Gasteiger partial charge in [-0.2, -0.15) is 14.7 Å². The molecule has 4 aromatic heterocycles. The first-order chi connectivity index (χ1) is 16.7. The zero-order chi connectivity index (χ0) is 22.9. The summed E-state index contributed by atoms with van der Waals surface area (Å²) in [6, 6.07) is 16.2. The number of rotatable bonds is 5. The minimum absolute atomic E-state index is 0.659. The maximum absolute atomic E-state index is 5.55. The number of aryl methyl sites for hydroxylation is 1. The van der Waals surface area contributed by atoms with Gasteiger partial charge < -0.3 is 14.2 Å². The molecule has 1 fully saturated rings. The first kappa shape index (κ1) is 20.4. The second kappa shape index (κ2) is 8.60. The van der Waals surface area contributed by atoms with E-state index in [0.29, 0.717) is 19.0 Å². The largest absolute Gasteiger partial charge is 0.378 e. The van der Waals surface area contributed by atoms with Crippen molar-refractivity contribution < 1.29 is 4.74 Å². The van der Waals surface area contributed by atoms with E-state index in [1.54, 1.807) is 12.4 Å². The summed E-state index contributed by atoms with van der Waals surface area (Å²) >= 11 is 0. The average Bonchev–Trinajstić information content (AvgIpc) is 3.48. The molecule has 170 valence electrons. The molecule has 0 atom stereocenters. The van der Waals surface area contributed by atoms with Crippen LogP contribution in [-0.4, -0.2) is 56.7 Å². The van der Waals surface area contributed by atoms with Gasteiger partial charge in [-0.25, -0.2) is 4.98 Å². The van der Waals surface area contributed by atoms with Crippen LogP contribution in [0.25, 0.3) is 27.8 Å². The molecule has 0 spiro atoms. The fraction of sp³-hybridized carbons (Fsp3) is 0.200. The number of nitrogens with one attached hydrogen (secondary N) is 1. The van der Waals surface area contributed by atoms with Gasteiger partial charge in [0.2, 0.25) is 0 Å². The van der Waals surface area contributed by atoms with Gasteiger partial charge in [0, 0.05) is 61.9 Å². The summed E-state index contributed by atoms with van der Waals surface area (Å²) in [5, 5.41) is 10.5. The Morgan fingerprint density at radius 3 is 2.74 bits per heavy atom. The Morgan fingerprint density at radius 2 is 1.88 bits per heavy atom. The first-order valence-electron chi connectivity index (χ1n) is 11.2. The van der Waals surface area contributed by atoms with Crippen LogP contribution >= 0.6 is 0 Å². The van der Waals surface area contributed by atoms with E-state index in [1.165, 1.54) is 10.9 Å². The molecule has 1 N–H and O–H groups in total. The Balaban J connectivity index is 1.34. The van der Waals surface area contributed by atoms with Crippen LogP contribution in [0.3, 0.4) is 0 Å². The second-order valence-electron chi connectivity index (χ2n) is 8.25. The van der Waals surface area contributed by atoms with Crippen molar-refractivity contribution in [3.63, 3.8) is 0 Å². The summed E-state index contributed by atoms with van der Waals surface area (Å²) in [6.07, 6.45) is 7.40. The van der Waals surface area contributed by atoms with Gasteiger partial charge >= 0.3 is 0 Å². The third kappa shape index (κ3) is 3.86. The maximum atomic E-state index is 5.55. The molecular formula is C25H24N8O. The van der Waals surface area contributed by atoms with Crippen LogP contribution < -0.4 is 10.3 Å². The Hall–Kier alpha value is -4.24. The Labute approximate surface area is 196 Å². The van der Waals surface area contributed by atoms with Crippen LogP contribution in [0.15, 0.2) is 72.2 Å². The summed E-state index contributed by atoms with van der Waals surface area (Å²) in [5.41, 5.74) is 7.89. The minimum atomic E-state index is 0.659. The number of hydrogen-bond acceptors (Lipinski definition) is 7. The molecule has 0 amide bonds. The van der Waals surface area contributed by atoms with Crippen LogP contribution in [0.4, 0.5) is 11.6 Å². The fourth-order valence-electron chi connectivity index (χ4n) is 4.23. The fourth-order valence-corrected chi connectivity index (χ4v) is 4.23. The van der Waals surface area contributed by atoms with E-state index in [9.17, 15) is 0 Å². The normalized spacial score (nSPS) is 14.4. The number of benzene rings is 1. The van der Waals surface area contributed by atoms with E-state index in [1.807, 2.05) is 42.0 Å². The van der Waals surface area contributed by atoms with Gasteiger partial charge in [-0.3, -0.25) is 10.4 Å². The molecule has 1 aromatic carbocycles. The SMILES string of the molecule is Cn1ccc2ccc(/C=N\Nc3cc(N4CCOCC4)n4nc(-c5ccncc5)cc4n3)cc21. The first-order valence-corrected chi connectivity index (χ1v) is 11.2. The average molecular weight is 453 g/mol. The number of hydrogen-bond donors (Lipinski definition) is 1. The maximum Gasteiger partial charge on any atom is 0.160 e. The monoisotopic (exact) mass is 452 g/mol. The molecule has 0 aliphatic carbocycles. The van der Waals surface area contributed by atoms with Gasteiger partial charge in [0.15, 0.2) is 11.5 Å². The van der Waals surface area contributed by atoms with Gasteiger partial charge in [-0.05, 0) is 35.2 Å². The van der Waals surface area contributed by atoms with Gasteiger partial charge in [-0.1, -0.05) is 12.1 Å². The molecule has 5 aromatic rings. The van der Waals surface area contributed by atoms with Crippen LogP contribution in [0.1, 0.15) is 5.56 Å². The molecule has 0 bridgehead atoms. The van der Waals surface area contributed by atoms with E-state index in [2.05, 4.69) is 55.4 Å². The van der Waals surface area contributed by atoms with Gasteiger partial charge in [0.25, 0.3) is 0 Å². The van der Waals surface area contributed by atoms with Crippen molar-refractivity contribution in [2.45, 2.75) is 0 Å². The van der Waals surface area contributed by atoms with Crippen molar-refractivity contribution in [1.82, 2.24) is 24.1 Å². The molecular weight excluding hydrogens is 428 g/mol. The van der Waals surface area contributed by atoms with Gasteiger partial charge in [-0.15, -0.1) is 0 Å². The topological polar surface area (TPSA) is 84.9 Å². The lowest BCUT2D eigenvalue weighted by Crippen LogP contribution is -2.37. The number of hydrazone groups is 1. The third-order valence-corrected chi connectivity index (χ3v) is 6.02. The second-order valence-corrected chi connectivity index (χ2v) is 8.25.